The van der Waals surface area contributed by atoms with Gasteiger partial charge in [-0.05, 0) is 55.3 Å². The number of anilines is 1. The third-order valence-electron chi connectivity index (χ3n) is 7.44. The zero-order chi connectivity index (χ0) is 27.4. The Balaban J connectivity index is 1.41. The van der Waals surface area contributed by atoms with Crippen molar-refractivity contribution in [2.24, 2.45) is 11.7 Å². The van der Waals surface area contributed by atoms with Crippen molar-refractivity contribution >= 4 is 33.5 Å². The predicted octanol–water partition coefficient (Wildman–Crippen LogP) is 8.53. The highest BCUT2D eigenvalue weighted by Crippen LogP contribution is 2.34. The lowest BCUT2D eigenvalue weighted by Gasteiger charge is -2.24. The van der Waals surface area contributed by atoms with E-state index in [9.17, 15) is 0 Å². The van der Waals surface area contributed by atoms with Crippen LogP contribution in [0.3, 0.4) is 0 Å². The predicted molar refractivity (Wildman–Crippen MR) is 162 cm³/mol. The van der Waals surface area contributed by atoms with Crippen LogP contribution in [0.1, 0.15) is 50.3 Å². The van der Waals surface area contributed by atoms with Crippen LogP contribution in [0.4, 0.5) is 10.1 Å². The fraction of sp³-hybridized carbons (Fsp3) is 0.250. The number of allylic oxidation sites excluding steroid dienone is 5. The Morgan fingerprint density at radius 1 is 1.21 bits per heavy atom. The molecule has 0 unspecified atom stereocenters. The number of aromatic amines is 1. The first-order valence-electron chi connectivity index (χ1n) is 13.3. The van der Waals surface area contributed by atoms with Gasteiger partial charge in [0.25, 0.3) is 0 Å². The van der Waals surface area contributed by atoms with E-state index in [4.69, 9.17) is 5.73 Å². The standard InChI is InChI=1S/C32H34FN5S/c1-4-29(34)27(15-25-16-28-30(38-25)10-12-36-32(28)23-11-13-39-19-23)31(33)20(2)24-14-26(18-35-17-24)37-21(3)22-8-6-5-7-9-22/h4,10-14,16-19,22,37-38H,2-3,5-9,15,34H2,1H3/b29-4+,31-27+. The van der Waals surface area contributed by atoms with Gasteiger partial charge in [0.2, 0.25) is 0 Å². The molecule has 0 atom stereocenters. The average Bonchev–Trinajstić information content (AvgIpc) is 3.65. The Labute approximate surface area is 233 Å². The van der Waals surface area contributed by atoms with Crippen LogP contribution in [0.2, 0.25) is 0 Å². The zero-order valence-corrected chi connectivity index (χ0v) is 23.1. The molecule has 5 nitrogen and oxygen atoms in total. The number of nitrogens with zero attached hydrogens (tertiary/aromatic N) is 2. The number of nitrogens with one attached hydrogen (secondary N) is 2. The molecule has 4 N–H and O–H groups in total. The van der Waals surface area contributed by atoms with Crippen molar-refractivity contribution < 1.29 is 4.39 Å². The van der Waals surface area contributed by atoms with Gasteiger partial charge in [0.05, 0.1) is 17.6 Å². The minimum atomic E-state index is -0.453. The Hall–Kier alpha value is -3.97. The number of hydrogen-bond donors (Lipinski definition) is 3. The molecule has 7 heteroatoms. The van der Waals surface area contributed by atoms with E-state index in [2.05, 4.69) is 38.8 Å². The maximum atomic E-state index is 16.1. The molecule has 4 aromatic heterocycles. The lowest BCUT2D eigenvalue weighted by Crippen LogP contribution is -2.14. The van der Waals surface area contributed by atoms with Crippen LogP contribution in [0.15, 0.2) is 95.6 Å². The lowest BCUT2D eigenvalue weighted by atomic mass is 9.87. The smallest absolute Gasteiger partial charge is 0.136 e. The van der Waals surface area contributed by atoms with Gasteiger partial charge >= 0.3 is 0 Å². The number of thiophene rings is 1. The average molecular weight is 540 g/mol. The van der Waals surface area contributed by atoms with Crippen molar-refractivity contribution in [1.82, 2.24) is 15.0 Å². The molecule has 1 aliphatic carbocycles. The van der Waals surface area contributed by atoms with Crippen LogP contribution in [-0.2, 0) is 6.42 Å². The molecule has 0 saturated heterocycles. The minimum absolute atomic E-state index is 0.242. The van der Waals surface area contributed by atoms with Crippen molar-refractivity contribution in [2.45, 2.75) is 45.4 Å². The first-order valence-corrected chi connectivity index (χ1v) is 14.3. The van der Waals surface area contributed by atoms with E-state index in [-0.39, 0.29) is 12.0 Å². The molecule has 0 amide bonds. The molecular formula is C32H34FN5S. The van der Waals surface area contributed by atoms with Crippen molar-refractivity contribution in [2.75, 3.05) is 5.32 Å². The Morgan fingerprint density at radius 2 is 2.03 bits per heavy atom. The summed E-state index contributed by atoms with van der Waals surface area (Å²) in [5, 5.41) is 8.49. The Morgan fingerprint density at radius 3 is 2.77 bits per heavy atom. The topological polar surface area (TPSA) is 79.6 Å². The second-order valence-electron chi connectivity index (χ2n) is 10.1. The lowest BCUT2D eigenvalue weighted by molar-refractivity contribution is 0.405. The molecule has 200 valence electrons. The summed E-state index contributed by atoms with van der Waals surface area (Å²) in [5.41, 5.74) is 13.4. The summed E-state index contributed by atoms with van der Waals surface area (Å²) < 4.78 is 16.1. The Bertz CT molecular complexity index is 1550. The molecule has 4 heterocycles. The minimum Gasteiger partial charge on any atom is -0.399 e. The van der Waals surface area contributed by atoms with E-state index in [0.29, 0.717) is 22.8 Å². The molecule has 5 rings (SSSR count). The zero-order valence-electron chi connectivity index (χ0n) is 22.3. The van der Waals surface area contributed by atoms with Crippen LogP contribution < -0.4 is 11.1 Å². The van der Waals surface area contributed by atoms with Crippen LogP contribution in [0.25, 0.3) is 27.7 Å². The van der Waals surface area contributed by atoms with Crippen molar-refractivity contribution in [3.8, 4) is 11.3 Å². The summed E-state index contributed by atoms with van der Waals surface area (Å²) in [4.78, 5) is 12.4. The molecule has 1 saturated carbocycles. The Kier molecular flexibility index (Phi) is 8.07. The van der Waals surface area contributed by atoms with Gasteiger partial charge in [0.15, 0.2) is 0 Å². The molecule has 39 heavy (non-hydrogen) atoms. The normalized spacial score (nSPS) is 15.3. The molecule has 1 fully saturated rings. The van der Waals surface area contributed by atoms with Crippen LogP contribution in [0.5, 0.6) is 0 Å². The second-order valence-corrected chi connectivity index (χ2v) is 10.8. The summed E-state index contributed by atoms with van der Waals surface area (Å²) in [6.45, 7) is 10.1. The quantitative estimate of drug-likeness (QED) is 0.186. The second kappa shape index (κ2) is 11.8. The summed E-state index contributed by atoms with van der Waals surface area (Å²) in [6, 6.07) is 7.87. The summed E-state index contributed by atoms with van der Waals surface area (Å²) in [7, 11) is 0. The van der Waals surface area contributed by atoms with Crippen LogP contribution in [0, 0.1) is 5.92 Å². The number of hydrogen-bond acceptors (Lipinski definition) is 5. The number of nitrogens with two attached hydrogens (primary N) is 1. The third kappa shape index (κ3) is 5.88. The number of fused-ring (bicyclic) bond motifs is 1. The van der Waals surface area contributed by atoms with E-state index in [1.165, 1.54) is 19.3 Å². The van der Waals surface area contributed by atoms with E-state index in [1.54, 1.807) is 42.9 Å². The molecule has 0 aliphatic heterocycles. The molecule has 0 aromatic carbocycles. The molecule has 0 radical (unpaired) electrons. The highest BCUT2D eigenvalue weighted by atomic mass is 32.1. The maximum absolute atomic E-state index is 16.1. The van der Waals surface area contributed by atoms with Gasteiger partial charge in [-0.1, -0.05) is 38.5 Å². The van der Waals surface area contributed by atoms with Gasteiger partial charge in [-0.2, -0.15) is 11.3 Å². The van der Waals surface area contributed by atoms with Crippen molar-refractivity contribution in [1.29, 1.82) is 0 Å². The van der Waals surface area contributed by atoms with E-state index in [1.807, 2.05) is 29.6 Å². The SMILES string of the molecule is C=C(/C(F)=C(Cc1cc2c(-c3ccsc3)nccc2[nH]1)\C(N)=C/C)c1cncc(NC(=C)C2CCCCC2)c1. The number of aromatic nitrogens is 3. The van der Waals surface area contributed by atoms with Gasteiger partial charge in [-0.25, -0.2) is 4.39 Å². The van der Waals surface area contributed by atoms with Gasteiger partial charge in [0, 0.05) is 74.5 Å². The van der Waals surface area contributed by atoms with Gasteiger partial charge < -0.3 is 16.0 Å². The number of rotatable bonds is 9. The van der Waals surface area contributed by atoms with Gasteiger partial charge in [0.1, 0.15) is 5.83 Å². The van der Waals surface area contributed by atoms with Crippen LogP contribution >= 0.6 is 11.3 Å². The molecule has 4 aromatic rings. The van der Waals surface area contributed by atoms with Gasteiger partial charge in [-0.3, -0.25) is 9.97 Å². The third-order valence-corrected chi connectivity index (χ3v) is 8.13. The summed E-state index contributed by atoms with van der Waals surface area (Å²) in [5.74, 6) is 0.000546. The fourth-order valence-corrected chi connectivity index (χ4v) is 5.87. The monoisotopic (exact) mass is 539 g/mol. The number of pyridine rings is 2. The fourth-order valence-electron chi connectivity index (χ4n) is 5.23. The van der Waals surface area contributed by atoms with Gasteiger partial charge in [-0.15, -0.1) is 0 Å². The molecule has 0 spiro atoms. The van der Waals surface area contributed by atoms with E-state index < -0.39 is 5.83 Å². The highest BCUT2D eigenvalue weighted by Gasteiger charge is 2.19. The van der Waals surface area contributed by atoms with Crippen LogP contribution in [-0.4, -0.2) is 15.0 Å². The maximum Gasteiger partial charge on any atom is 0.136 e. The molecular weight excluding hydrogens is 505 g/mol. The molecule has 0 bridgehead atoms. The molecule has 1 aliphatic rings. The highest BCUT2D eigenvalue weighted by molar-refractivity contribution is 7.08. The van der Waals surface area contributed by atoms with E-state index in [0.717, 1.165) is 52.1 Å². The summed E-state index contributed by atoms with van der Waals surface area (Å²) >= 11 is 1.63. The summed E-state index contributed by atoms with van der Waals surface area (Å²) in [6.07, 6.45) is 13.2. The van der Waals surface area contributed by atoms with Crippen molar-refractivity contribution in [3.05, 3.63) is 107 Å². The largest absolute Gasteiger partial charge is 0.399 e. The van der Waals surface area contributed by atoms with Crippen molar-refractivity contribution in [3.63, 3.8) is 0 Å². The van der Waals surface area contributed by atoms with E-state index >= 15 is 4.39 Å². The first-order chi connectivity index (χ1) is 18.9. The number of H-pyrrole nitrogens is 1. The first kappa shape index (κ1) is 26.6. The number of halogens is 1.